The Labute approximate surface area is 143 Å². The number of aromatic nitrogens is 1. The first-order valence-corrected chi connectivity index (χ1v) is 8.65. The summed E-state index contributed by atoms with van der Waals surface area (Å²) in [4.78, 5) is 16.9. The van der Waals surface area contributed by atoms with Gasteiger partial charge in [-0.15, -0.1) is 0 Å². The molecule has 24 heavy (non-hydrogen) atoms. The highest BCUT2D eigenvalue weighted by Crippen LogP contribution is 2.30. The lowest BCUT2D eigenvalue weighted by Gasteiger charge is -2.03. The van der Waals surface area contributed by atoms with Crippen LogP contribution in [0.1, 0.15) is 22.8 Å². The lowest BCUT2D eigenvalue weighted by Crippen LogP contribution is -2.11. The van der Waals surface area contributed by atoms with Crippen LogP contribution in [-0.4, -0.2) is 24.1 Å². The van der Waals surface area contributed by atoms with E-state index in [1.807, 2.05) is 37.3 Å². The molecule has 122 valence electrons. The number of nitrogens with zero attached hydrogens (tertiary/aromatic N) is 1. The minimum atomic E-state index is -0.159. The molecule has 1 aliphatic heterocycles. The molecular weight excluding hydrogens is 324 g/mol. The molecule has 0 saturated carbocycles. The van der Waals surface area contributed by atoms with Crippen LogP contribution in [0.25, 0.3) is 10.2 Å². The van der Waals surface area contributed by atoms with Crippen molar-refractivity contribution in [3.05, 3.63) is 47.5 Å². The maximum absolute atomic E-state index is 12.5. The predicted octanol–water partition coefficient (Wildman–Crippen LogP) is 3.88. The Bertz CT molecular complexity index is 920. The van der Waals surface area contributed by atoms with E-state index in [4.69, 9.17) is 9.47 Å². The van der Waals surface area contributed by atoms with E-state index < -0.39 is 0 Å². The number of thiazole rings is 1. The highest BCUT2D eigenvalue weighted by molar-refractivity contribution is 7.22. The Morgan fingerprint density at radius 3 is 3.12 bits per heavy atom. The number of ether oxygens (including phenoxy) is 2. The molecule has 0 radical (unpaired) electrons. The molecule has 0 unspecified atom stereocenters. The molecule has 2 heterocycles. The maximum Gasteiger partial charge on any atom is 0.257 e. The molecule has 1 aliphatic rings. The van der Waals surface area contributed by atoms with Crippen LogP contribution in [0.2, 0.25) is 0 Å². The Hall–Kier alpha value is -2.60. The zero-order valence-electron chi connectivity index (χ0n) is 13.2. The quantitative estimate of drug-likeness (QED) is 0.783. The van der Waals surface area contributed by atoms with Gasteiger partial charge in [-0.1, -0.05) is 11.3 Å². The molecule has 1 aromatic heterocycles. The van der Waals surface area contributed by atoms with Crippen molar-refractivity contribution in [1.82, 2.24) is 4.98 Å². The molecule has 2 aromatic carbocycles. The summed E-state index contributed by atoms with van der Waals surface area (Å²) in [7, 11) is 0. The molecule has 0 saturated heterocycles. The van der Waals surface area contributed by atoms with E-state index in [9.17, 15) is 4.79 Å². The summed E-state index contributed by atoms with van der Waals surface area (Å²) in [5, 5.41) is 3.46. The van der Waals surface area contributed by atoms with Crippen LogP contribution in [0, 0.1) is 0 Å². The van der Waals surface area contributed by atoms with E-state index in [1.54, 1.807) is 6.07 Å². The van der Waals surface area contributed by atoms with Gasteiger partial charge in [-0.05, 0) is 48.9 Å². The third-order valence-electron chi connectivity index (χ3n) is 3.84. The molecule has 6 heteroatoms. The highest BCUT2D eigenvalue weighted by Gasteiger charge is 2.16. The normalized spacial score (nSPS) is 12.7. The van der Waals surface area contributed by atoms with Crippen molar-refractivity contribution in [1.29, 1.82) is 0 Å². The van der Waals surface area contributed by atoms with Crippen LogP contribution in [0.3, 0.4) is 0 Å². The lowest BCUT2D eigenvalue weighted by atomic mass is 10.1. The average molecular weight is 340 g/mol. The number of anilines is 1. The van der Waals surface area contributed by atoms with E-state index in [-0.39, 0.29) is 5.91 Å². The summed E-state index contributed by atoms with van der Waals surface area (Å²) >= 11 is 1.44. The van der Waals surface area contributed by atoms with E-state index in [0.717, 1.165) is 33.7 Å². The molecular formula is C18H16N2O3S. The molecule has 1 amide bonds. The van der Waals surface area contributed by atoms with Crippen LogP contribution in [0.4, 0.5) is 5.13 Å². The number of hydrogen-bond acceptors (Lipinski definition) is 5. The van der Waals surface area contributed by atoms with Crippen LogP contribution < -0.4 is 14.8 Å². The summed E-state index contributed by atoms with van der Waals surface area (Å²) in [6, 6.07) is 11.2. The zero-order valence-corrected chi connectivity index (χ0v) is 14.0. The van der Waals surface area contributed by atoms with Crippen molar-refractivity contribution in [3.63, 3.8) is 0 Å². The van der Waals surface area contributed by atoms with E-state index in [2.05, 4.69) is 10.3 Å². The van der Waals surface area contributed by atoms with Gasteiger partial charge in [0.1, 0.15) is 11.5 Å². The maximum atomic E-state index is 12.5. The largest absolute Gasteiger partial charge is 0.494 e. The monoisotopic (exact) mass is 340 g/mol. The van der Waals surface area contributed by atoms with E-state index in [1.165, 1.54) is 11.3 Å². The Morgan fingerprint density at radius 2 is 2.25 bits per heavy atom. The smallest absolute Gasteiger partial charge is 0.257 e. The molecule has 4 rings (SSSR count). The van der Waals surface area contributed by atoms with Crippen molar-refractivity contribution < 1.29 is 14.3 Å². The fraction of sp³-hybridized carbons (Fsp3) is 0.222. The minimum Gasteiger partial charge on any atom is -0.494 e. The fourth-order valence-electron chi connectivity index (χ4n) is 2.71. The number of fused-ring (bicyclic) bond motifs is 2. The summed E-state index contributed by atoms with van der Waals surface area (Å²) in [5.74, 6) is 1.52. The van der Waals surface area contributed by atoms with Gasteiger partial charge >= 0.3 is 0 Å². The predicted molar refractivity (Wildman–Crippen MR) is 94.4 cm³/mol. The summed E-state index contributed by atoms with van der Waals surface area (Å²) < 4.78 is 11.9. The number of rotatable bonds is 4. The van der Waals surface area contributed by atoms with Crippen LogP contribution in [0.5, 0.6) is 11.5 Å². The number of amides is 1. The zero-order chi connectivity index (χ0) is 16.5. The Balaban J connectivity index is 1.56. The lowest BCUT2D eigenvalue weighted by molar-refractivity contribution is 0.102. The molecule has 0 atom stereocenters. The third-order valence-corrected chi connectivity index (χ3v) is 4.78. The van der Waals surface area contributed by atoms with Crippen LogP contribution in [0.15, 0.2) is 36.4 Å². The van der Waals surface area contributed by atoms with Crippen LogP contribution >= 0.6 is 11.3 Å². The van der Waals surface area contributed by atoms with Gasteiger partial charge in [0.2, 0.25) is 0 Å². The number of carbonyl (C=O) groups is 1. The molecule has 0 spiro atoms. The highest BCUT2D eigenvalue weighted by atomic mass is 32.1. The topological polar surface area (TPSA) is 60.5 Å². The van der Waals surface area contributed by atoms with Crippen molar-refractivity contribution in [3.8, 4) is 11.5 Å². The van der Waals surface area contributed by atoms with Crippen molar-refractivity contribution in [2.75, 3.05) is 18.5 Å². The second kappa shape index (κ2) is 6.13. The molecule has 0 fully saturated rings. The number of hydrogen-bond donors (Lipinski definition) is 1. The van der Waals surface area contributed by atoms with Crippen molar-refractivity contribution in [2.45, 2.75) is 13.3 Å². The van der Waals surface area contributed by atoms with Gasteiger partial charge in [0, 0.05) is 12.0 Å². The summed E-state index contributed by atoms with van der Waals surface area (Å²) in [5.41, 5.74) is 2.54. The Morgan fingerprint density at radius 1 is 1.33 bits per heavy atom. The van der Waals surface area contributed by atoms with Gasteiger partial charge in [0.15, 0.2) is 5.13 Å². The molecule has 0 aliphatic carbocycles. The minimum absolute atomic E-state index is 0.159. The number of nitrogens with one attached hydrogen (secondary N) is 1. The Kier molecular flexibility index (Phi) is 3.82. The average Bonchev–Trinajstić information content (AvgIpc) is 3.19. The first-order chi connectivity index (χ1) is 11.7. The number of benzene rings is 2. The first-order valence-electron chi connectivity index (χ1n) is 7.83. The number of carbonyl (C=O) groups excluding carboxylic acids is 1. The van der Waals surface area contributed by atoms with E-state index in [0.29, 0.717) is 23.9 Å². The third kappa shape index (κ3) is 2.80. The molecule has 5 nitrogen and oxygen atoms in total. The van der Waals surface area contributed by atoms with Crippen molar-refractivity contribution in [2.24, 2.45) is 0 Å². The standard InChI is InChI=1S/C18H16N2O3S/c1-2-22-13-4-5-14-16(10-13)24-18(19-14)20-17(21)12-3-6-15-11(9-12)7-8-23-15/h3-6,9-10H,2,7-8H2,1H3,(H,19,20,21). The van der Waals surface area contributed by atoms with Gasteiger partial charge in [0.25, 0.3) is 5.91 Å². The molecule has 3 aromatic rings. The first kappa shape index (κ1) is 15.0. The fourth-order valence-corrected chi connectivity index (χ4v) is 3.60. The summed E-state index contributed by atoms with van der Waals surface area (Å²) in [6.07, 6.45) is 0.845. The molecule has 1 N–H and O–H groups in total. The van der Waals surface area contributed by atoms with Gasteiger partial charge in [-0.2, -0.15) is 0 Å². The van der Waals surface area contributed by atoms with Crippen LogP contribution in [-0.2, 0) is 6.42 Å². The second-order valence-electron chi connectivity index (χ2n) is 5.46. The van der Waals surface area contributed by atoms with Gasteiger partial charge in [-0.25, -0.2) is 4.98 Å². The molecule has 0 bridgehead atoms. The van der Waals surface area contributed by atoms with Crippen molar-refractivity contribution >= 4 is 32.6 Å². The second-order valence-corrected chi connectivity index (χ2v) is 6.49. The van der Waals surface area contributed by atoms with Gasteiger partial charge in [0.05, 0.1) is 23.4 Å². The SMILES string of the molecule is CCOc1ccc2nc(NC(=O)c3ccc4c(c3)CCO4)sc2c1. The summed E-state index contributed by atoms with van der Waals surface area (Å²) in [6.45, 7) is 3.25. The van der Waals surface area contributed by atoms with E-state index >= 15 is 0 Å². The van der Waals surface area contributed by atoms with Gasteiger partial charge in [-0.3, -0.25) is 10.1 Å². The van der Waals surface area contributed by atoms with Gasteiger partial charge < -0.3 is 9.47 Å².